The zero-order chi connectivity index (χ0) is 29.2. The third-order valence-corrected chi connectivity index (χ3v) is 7.94. The maximum Gasteiger partial charge on any atom is 0.289 e. The highest BCUT2D eigenvalue weighted by atomic mass is 19.1. The van der Waals surface area contributed by atoms with E-state index in [1.165, 1.54) is 50.9 Å². The largest absolute Gasteiger partial charge is 0.459 e. The van der Waals surface area contributed by atoms with E-state index in [0.29, 0.717) is 50.5 Å². The van der Waals surface area contributed by atoms with Gasteiger partial charge in [0.1, 0.15) is 11.4 Å². The average molecular weight is 567 g/mol. The van der Waals surface area contributed by atoms with Crippen LogP contribution in [0.5, 0.6) is 0 Å². The summed E-state index contributed by atoms with van der Waals surface area (Å²) in [5.74, 6) is -0.830. The van der Waals surface area contributed by atoms with Crippen LogP contribution in [0.4, 0.5) is 10.1 Å². The quantitative estimate of drug-likeness (QED) is 0.243. The summed E-state index contributed by atoms with van der Waals surface area (Å²) in [6, 6.07) is 6.24. The highest BCUT2D eigenvalue weighted by molar-refractivity contribution is 5.98. The summed E-state index contributed by atoms with van der Waals surface area (Å²) in [4.78, 5) is 42.4. The molecule has 1 aromatic carbocycles. The Bertz CT molecular complexity index is 1360. The van der Waals surface area contributed by atoms with Crippen molar-refractivity contribution in [1.29, 1.82) is 0 Å². The molecule has 3 aromatic rings. The second-order valence-corrected chi connectivity index (χ2v) is 10.8. The zero-order valence-corrected chi connectivity index (χ0v) is 24.4. The fourth-order valence-electron chi connectivity index (χ4n) is 5.50. The Hall–Kier alpha value is -3.62. The van der Waals surface area contributed by atoms with E-state index >= 15 is 4.39 Å². The van der Waals surface area contributed by atoms with Gasteiger partial charge in [-0.2, -0.15) is 0 Å². The molecule has 1 aliphatic rings. The van der Waals surface area contributed by atoms with Crippen molar-refractivity contribution in [1.82, 2.24) is 14.8 Å². The molecule has 9 heteroatoms. The summed E-state index contributed by atoms with van der Waals surface area (Å²) in [6.45, 7) is 6.93. The predicted octanol–water partition coefficient (Wildman–Crippen LogP) is 5.98. The highest BCUT2D eigenvalue weighted by Crippen LogP contribution is 2.27. The van der Waals surface area contributed by atoms with Crippen LogP contribution in [0.1, 0.15) is 92.5 Å². The zero-order valence-electron chi connectivity index (χ0n) is 24.4. The first-order valence-electron chi connectivity index (χ1n) is 15.2. The van der Waals surface area contributed by atoms with E-state index in [1.807, 2.05) is 16.4 Å². The predicted molar refractivity (Wildman–Crippen MR) is 160 cm³/mol. The summed E-state index contributed by atoms with van der Waals surface area (Å²) in [5.41, 5.74) is 0.534. The lowest BCUT2D eigenvalue weighted by molar-refractivity contribution is 0.0714. The third kappa shape index (κ3) is 7.57. The van der Waals surface area contributed by atoms with E-state index in [2.05, 4.69) is 12.2 Å². The van der Waals surface area contributed by atoms with Crippen LogP contribution >= 0.6 is 0 Å². The molecule has 0 radical (unpaired) electrons. The van der Waals surface area contributed by atoms with Crippen LogP contribution in [0.15, 0.2) is 45.9 Å². The SMILES string of the molecule is CCCCCCCCCCCNC(=O)c1cn(CC)c2cc(N3CCN(C(=O)c4ccco4)CC3)c(F)cc2c1=O. The maximum atomic E-state index is 15.4. The van der Waals surface area contributed by atoms with Crippen molar-refractivity contribution in [3.63, 3.8) is 0 Å². The number of fused-ring (bicyclic) bond motifs is 1. The first-order valence-corrected chi connectivity index (χ1v) is 15.2. The molecule has 1 N–H and O–H groups in total. The lowest BCUT2D eigenvalue weighted by atomic mass is 10.1. The monoisotopic (exact) mass is 566 g/mol. The Labute approximate surface area is 241 Å². The number of piperazine rings is 1. The Balaban J connectivity index is 1.37. The van der Waals surface area contributed by atoms with Gasteiger partial charge >= 0.3 is 0 Å². The van der Waals surface area contributed by atoms with Crippen LogP contribution in [0.25, 0.3) is 10.9 Å². The molecular weight excluding hydrogens is 523 g/mol. The van der Waals surface area contributed by atoms with Crippen LogP contribution in [0, 0.1) is 5.82 Å². The van der Waals surface area contributed by atoms with Gasteiger partial charge in [0.2, 0.25) is 5.43 Å². The van der Waals surface area contributed by atoms with Crippen LogP contribution < -0.4 is 15.6 Å². The summed E-state index contributed by atoms with van der Waals surface area (Å²) in [6.07, 6.45) is 13.8. The molecule has 2 amide bonds. The molecular formula is C32H43FN4O4. The number of anilines is 1. The van der Waals surface area contributed by atoms with E-state index in [1.54, 1.807) is 29.3 Å². The van der Waals surface area contributed by atoms with E-state index in [4.69, 9.17) is 4.42 Å². The van der Waals surface area contributed by atoms with Crippen molar-refractivity contribution in [2.45, 2.75) is 78.2 Å². The molecule has 222 valence electrons. The molecule has 0 atom stereocenters. The number of aromatic nitrogens is 1. The van der Waals surface area contributed by atoms with Crippen molar-refractivity contribution < 1.29 is 18.4 Å². The van der Waals surface area contributed by atoms with E-state index in [-0.39, 0.29) is 22.6 Å². The standard InChI is InChI=1S/C32H43FN4O4/c1-3-5-6-7-8-9-10-11-12-15-34-31(39)25-23-35(4-2)27-22-28(26(33)21-24(27)30(25)38)36-16-18-37(19-17-36)32(40)29-14-13-20-41-29/h13-14,20-23H,3-12,15-19H2,1-2H3,(H,34,39). The number of hydrogen-bond donors (Lipinski definition) is 1. The molecule has 3 heterocycles. The number of aryl methyl sites for hydroxylation is 1. The van der Waals surface area contributed by atoms with E-state index in [9.17, 15) is 14.4 Å². The number of furan rings is 1. The molecule has 0 spiro atoms. The van der Waals surface area contributed by atoms with Gasteiger partial charge in [-0.05, 0) is 37.6 Å². The van der Waals surface area contributed by atoms with Gasteiger partial charge in [0.25, 0.3) is 11.8 Å². The van der Waals surface area contributed by atoms with E-state index in [0.717, 1.165) is 19.3 Å². The van der Waals surface area contributed by atoms with Gasteiger partial charge in [-0.25, -0.2) is 4.39 Å². The molecule has 1 fully saturated rings. The topological polar surface area (TPSA) is 87.8 Å². The second-order valence-electron chi connectivity index (χ2n) is 10.8. The number of rotatable bonds is 14. The number of pyridine rings is 1. The van der Waals surface area contributed by atoms with Crippen molar-refractivity contribution >= 4 is 28.4 Å². The van der Waals surface area contributed by atoms with Crippen LogP contribution in [-0.2, 0) is 6.54 Å². The number of carbonyl (C=O) groups is 2. The summed E-state index contributed by atoms with van der Waals surface area (Å²) < 4.78 is 22.4. The van der Waals surface area contributed by atoms with Crippen molar-refractivity contribution in [2.75, 3.05) is 37.6 Å². The average Bonchev–Trinajstić information content (AvgIpc) is 3.53. The molecule has 0 unspecified atom stereocenters. The van der Waals surface area contributed by atoms with Crippen LogP contribution in [0.3, 0.4) is 0 Å². The van der Waals surface area contributed by atoms with Crippen molar-refractivity contribution in [2.24, 2.45) is 0 Å². The Morgan fingerprint density at radius 1 is 0.951 bits per heavy atom. The Morgan fingerprint density at radius 3 is 2.27 bits per heavy atom. The van der Waals surface area contributed by atoms with E-state index < -0.39 is 17.2 Å². The number of halogens is 1. The number of hydrogen-bond acceptors (Lipinski definition) is 5. The number of nitrogens with zero attached hydrogens (tertiary/aromatic N) is 3. The van der Waals surface area contributed by atoms with Gasteiger partial charge in [-0.15, -0.1) is 0 Å². The lowest BCUT2D eigenvalue weighted by Gasteiger charge is -2.36. The van der Waals surface area contributed by atoms with Gasteiger partial charge in [-0.3, -0.25) is 14.4 Å². The van der Waals surface area contributed by atoms with Crippen LogP contribution in [-0.4, -0.2) is 54.0 Å². The normalized spacial score (nSPS) is 13.6. The van der Waals surface area contributed by atoms with Crippen LogP contribution in [0.2, 0.25) is 0 Å². The Morgan fingerprint density at radius 2 is 1.63 bits per heavy atom. The third-order valence-electron chi connectivity index (χ3n) is 7.94. The molecule has 1 aliphatic heterocycles. The number of unbranched alkanes of at least 4 members (excludes halogenated alkanes) is 8. The highest BCUT2D eigenvalue weighted by Gasteiger charge is 2.26. The minimum atomic E-state index is -0.518. The first-order chi connectivity index (χ1) is 19.9. The molecule has 0 aliphatic carbocycles. The first kappa shape index (κ1) is 30.3. The number of nitrogens with one attached hydrogen (secondary N) is 1. The molecule has 8 nitrogen and oxygen atoms in total. The Kier molecular flexibility index (Phi) is 11.0. The van der Waals surface area contributed by atoms with Gasteiger partial charge in [-0.1, -0.05) is 58.3 Å². The molecule has 0 bridgehead atoms. The second kappa shape index (κ2) is 14.8. The minimum Gasteiger partial charge on any atom is -0.459 e. The van der Waals surface area contributed by atoms with Gasteiger partial charge in [0.05, 0.1) is 17.5 Å². The van der Waals surface area contributed by atoms with Crippen molar-refractivity contribution in [3.8, 4) is 0 Å². The smallest absolute Gasteiger partial charge is 0.289 e. The number of carbonyl (C=O) groups excluding carboxylic acids is 2. The lowest BCUT2D eigenvalue weighted by Crippen LogP contribution is -2.49. The molecule has 4 rings (SSSR count). The van der Waals surface area contributed by atoms with Crippen molar-refractivity contribution in [3.05, 3.63) is 64.1 Å². The van der Waals surface area contributed by atoms with Gasteiger partial charge < -0.3 is 24.1 Å². The van der Waals surface area contributed by atoms with Gasteiger partial charge in [0, 0.05) is 50.9 Å². The maximum absolute atomic E-state index is 15.4. The molecule has 1 saturated heterocycles. The summed E-state index contributed by atoms with van der Waals surface area (Å²) >= 11 is 0. The fraction of sp³-hybridized carbons (Fsp3) is 0.531. The molecule has 41 heavy (non-hydrogen) atoms. The van der Waals surface area contributed by atoms with Gasteiger partial charge in [0.15, 0.2) is 5.76 Å². The fourth-order valence-corrected chi connectivity index (χ4v) is 5.50. The number of benzene rings is 1. The molecule has 2 aromatic heterocycles. The summed E-state index contributed by atoms with van der Waals surface area (Å²) in [7, 11) is 0. The summed E-state index contributed by atoms with van der Waals surface area (Å²) in [5, 5.41) is 3.07. The molecule has 0 saturated carbocycles. The number of amides is 2. The minimum absolute atomic E-state index is 0.0347.